The van der Waals surface area contributed by atoms with E-state index in [0.29, 0.717) is 5.15 Å². The molecule has 110 valence electrons. The van der Waals surface area contributed by atoms with E-state index in [2.05, 4.69) is 27.1 Å². The molecule has 5 heteroatoms. The highest BCUT2D eigenvalue weighted by molar-refractivity contribution is 6.29. The van der Waals surface area contributed by atoms with E-state index in [0.717, 1.165) is 43.0 Å². The molecule has 2 aliphatic rings. The first-order valence-corrected chi connectivity index (χ1v) is 8.13. The molecule has 20 heavy (non-hydrogen) atoms. The minimum Gasteiger partial charge on any atom is -0.370 e. The van der Waals surface area contributed by atoms with Crippen molar-refractivity contribution in [1.82, 2.24) is 14.9 Å². The summed E-state index contributed by atoms with van der Waals surface area (Å²) < 4.78 is 0. The van der Waals surface area contributed by atoms with Gasteiger partial charge in [-0.2, -0.15) is 0 Å². The van der Waals surface area contributed by atoms with E-state index in [4.69, 9.17) is 11.6 Å². The third kappa shape index (κ3) is 3.61. The molecule has 2 heterocycles. The molecule has 1 aromatic rings. The summed E-state index contributed by atoms with van der Waals surface area (Å²) in [7, 11) is 0. The van der Waals surface area contributed by atoms with Crippen molar-refractivity contribution < 1.29 is 0 Å². The lowest BCUT2D eigenvalue weighted by Crippen LogP contribution is -2.25. The Kier molecular flexibility index (Phi) is 4.41. The van der Waals surface area contributed by atoms with Crippen LogP contribution in [-0.2, 0) is 6.42 Å². The fraction of sp³-hybridized carbons (Fsp3) is 0.733. The fourth-order valence-electron chi connectivity index (χ4n) is 2.94. The van der Waals surface area contributed by atoms with E-state index in [1.165, 1.54) is 32.4 Å². The van der Waals surface area contributed by atoms with E-state index < -0.39 is 0 Å². The SMILES string of the molecule is CCCc1nc(Cl)cc(NCC2CCN(C3CC3)C2)n1. The van der Waals surface area contributed by atoms with Crippen molar-refractivity contribution in [3.05, 3.63) is 17.0 Å². The molecule has 1 aliphatic carbocycles. The van der Waals surface area contributed by atoms with E-state index in [9.17, 15) is 0 Å². The number of nitrogens with one attached hydrogen (secondary N) is 1. The number of rotatable bonds is 6. The van der Waals surface area contributed by atoms with Crippen LogP contribution in [0, 0.1) is 5.92 Å². The highest BCUT2D eigenvalue weighted by Crippen LogP contribution is 2.31. The third-order valence-electron chi connectivity index (χ3n) is 4.17. The smallest absolute Gasteiger partial charge is 0.134 e. The van der Waals surface area contributed by atoms with Gasteiger partial charge in [0.05, 0.1) is 0 Å². The second-order valence-electron chi connectivity index (χ2n) is 6.00. The summed E-state index contributed by atoms with van der Waals surface area (Å²) in [5.74, 6) is 2.45. The Hall–Kier alpha value is -0.870. The molecule has 0 bridgehead atoms. The second-order valence-corrected chi connectivity index (χ2v) is 6.39. The molecule has 1 N–H and O–H groups in total. The maximum Gasteiger partial charge on any atom is 0.134 e. The van der Waals surface area contributed by atoms with E-state index in [1.54, 1.807) is 0 Å². The monoisotopic (exact) mass is 294 g/mol. The van der Waals surface area contributed by atoms with Gasteiger partial charge in [0.15, 0.2) is 0 Å². The molecule has 0 aromatic carbocycles. The maximum atomic E-state index is 6.05. The van der Waals surface area contributed by atoms with E-state index in [1.807, 2.05) is 6.07 Å². The molecular weight excluding hydrogens is 272 g/mol. The Balaban J connectivity index is 1.52. The molecule has 2 fully saturated rings. The first-order valence-electron chi connectivity index (χ1n) is 7.76. The number of hydrogen-bond acceptors (Lipinski definition) is 4. The van der Waals surface area contributed by atoms with Gasteiger partial charge in [0, 0.05) is 31.6 Å². The summed E-state index contributed by atoms with van der Waals surface area (Å²) in [6, 6.07) is 2.72. The minimum atomic E-state index is 0.539. The second kappa shape index (κ2) is 6.27. The average molecular weight is 295 g/mol. The molecule has 0 spiro atoms. The maximum absolute atomic E-state index is 6.05. The number of hydrogen-bond donors (Lipinski definition) is 1. The Morgan fingerprint density at radius 2 is 2.20 bits per heavy atom. The molecule has 0 radical (unpaired) electrons. The van der Waals surface area contributed by atoms with Crippen LogP contribution in [0.4, 0.5) is 5.82 Å². The van der Waals surface area contributed by atoms with Crippen LogP contribution in [0.1, 0.15) is 38.4 Å². The van der Waals surface area contributed by atoms with Gasteiger partial charge in [-0.05, 0) is 38.1 Å². The van der Waals surface area contributed by atoms with Crippen molar-refractivity contribution in [2.24, 2.45) is 5.92 Å². The van der Waals surface area contributed by atoms with Gasteiger partial charge in [-0.3, -0.25) is 0 Å². The number of halogens is 1. The Morgan fingerprint density at radius 1 is 1.35 bits per heavy atom. The molecular formula is C15H23ClN4. The third-order valence-corrected chi connectivity index (χ3v) is 4.36. The summed E-state index contributed by atoms with van der Waals surface area (Å²) in [6.07, 6.45) is 6.03. The van der Waals surface area contributed by atoms with Crippen molar-refractivity contribution in [2.75, 3.05) is 25.0 Å². The molecule has 1 unspecified atom stereocenters. The topological polar surface area (TPSA) is 41.1 Å². The zero-order chi connectivity index (χ0) is 13.9. The van der Waals surface area contributed by atoms with Crippen LogP contribution in [0.5, 0.6) is 0 Å². The first kappa shape index (κ1) is 14.1. The normalized spacial score (nSPS) is 23.2. The van der Waals surface area contributed by atoms with Crippen molar-refractivity contribution in [3.63, 3.8) is 0 Å². The predicted molar refractivity (Wildman–Crippen MR) is 82.2 cm³/mol. The molecule has 0 amide bonds. The molecule has 1 atom stereocenters. The van der Waals surface area contributed by atoms with Crippen LogP contribution in [0.25, 0.3) is 0 Å². The Morgan fingerprint density at radius 3 is 2.95 bits per heavy atom. The summed E-state index contributed by atoms with van der Waals surface area (Å²) in [5, 5.41) is 3.98. The van der Waals surface area contributed by atoms with Crippen molar-refractivity contribution in [3.8, 4) is 0 Å². The molecule has 1 aromatic heterocycles. The van der Waals surface area contributed by atoms with Gasteiger partial charge in [0.2, 0.25) is 0 Å². The lowest BCUT2D eigenvalue weighted by Gasteiger charge is -2.15. The summed E-state index contributed by atoms with van der Waals surface area (Å²) in [6.45, 7) is 5.62. The first-order chi connectivity index (χ1) is 9.74. The van der Waals surface area contributed by atoms with Crippen LogP contribution in [0.3, 0.4) is 0 Å². The summed E-state index contributed by atoms with van der Waals surface area (Å²) in [5.41, 5.74) is 0. The Labute approximate surface area is 125 Å². The molecule has 1 aliphatic heterocycles. The van der Waals surface area contributed by atoms with Crippen LogP contribution < -0.4 is 5.32 Å². The van der Waals surface area contributed by atoms with Crippen molar-refractivity contribution in [2.45, 2.75) is 45.1 Å². The van der Waals surface area contributed by atoms with Crippen molar-refractivity contribution >= 4 is 17.4 Å². The van der Waals surface area contributed by atoms with Gasteiger partial charge in [0.1, 0.15) is 16.8 Å². The number of anilines is 1. The average Bonchev–Trinajstić information content (AvgIpc) is 3.16. The van der Waals surface area contributed by atoms with E-state index in [-0.39, 0.29) is 0 Å². The van der Waals surface area contributed by atoms with Crippen LogP contribution in [0.15, 0.2) is 6.07 Å². The minimum absolute atomic E-state index is 0.539. The lowest BCUT2D eigenvalue weighted by atomic mass is 10.1. The standard InChI is InChI=1S/C15H23ClN4/c1-2-3-14-18-13(16)8-15(19-14)17-9-11-6-7-20(10-11)12-4-5-12/h8,11-12H,2-7,9-10H2,1H3,(H,17,18,19). The van der Waals surface area contributed by atoms with Gasteiger partial charge in [-0.1, -0.05) is 18.5 Å². The number of nitrogens with zero attached hydrogens (tertiary/aromatic N) is 3. The van der Waals surface area contributed by atoms with Gasteiger partial charge in [-0.25, -0.2) is 9.97 Å². The molecule has 1 saturated heterocycles. The highest BCUT2D eigenvalue weighted by atomic mass is 35.5. The van der Waals surface area contributed by atoms with Crippen LogP contribution >= 0.6 is 11.6 Å². The highest BCUT2D eigenvalue weighted by Gasteiger charge is 2.34. The molecule has 3 rings (SSSR count). The van der Waals surface area contributed by atoms with Gasteiger partial charge in [-0.15, -0.1) is 0 Å². The van der Waals surface area contributed by atoms with E-state index >= 15 is 0 Å². The number of aryl methyl sites for hydroxylation is 1. The zero-order valence-electron chi connectivity index (χ0n) is 12.1. The Bertz CT molecular complexity index is 461. The lowest BCUT2D eigenvalue weighted by molar-refractivity contribution is 0.316. The van der Waals surface area contributed by atoms with Crippen molar-refractivity contribution in [1.29, 1.82) is 0 Å². The van der Waals surface area contributed by atoms with Crippen LogP contribution in [-0.4, -0.2) is 40.5 Å². The fourth-order valence-corrected chi connectivity index (χ4v) is 3.14. The van der Waals surface area contributed by atoms with Gasteiger partial charge in [0.25, 0.3) is 0 Å². The largest absolute Gasteiger partial charge is 0.370 e. The number of aromatic nitrogens is 2. The zero-order valence-corrected chi connectivity index (χ0v) is 12.9. The van der Waals surface area contributed by atoms with Gasteiger partial charge < -0.3 is 10.2 Å². The predicted octanol–water partition coefficient (Wildman–Crippen LogP) is 2.98. The number of likely N-dealkylation sites (tertiary alicyclic amines) is 1. The molecule has 1 saturated carbocycles. The van der Waals surface area contributed by atoms with Crippen LogP contribution in [0.2, 0.25) is 5.15 Å². The molecule has 4 nitrogen and oxygen atoms in total. The summed E-state index contributed by atoms with van der Waals surface area (Å²) in [4.78, 5) is 11.4. The quantitative estimate of drug-likeness (QED) is 0.819. The summed E-state index contributed by atoms with van der Waals surface area (Å²) >= 11 is 6.05. The van der Waals surface area contributed by atoms with Gasteiger partial charge >= 0.3 is 0 Å².